The van der Waals surface area contributed by atoms with Crippen LogP contribution in [0.2, 0.25) is 0 Å². The third-order valence-corrected chi connectivity index (χ3v) is 9.09. The average Bonchev–Trinajstić information content (AvgIpc) is 3.49. The second-order valence-electron chi connectivity index (χ2n) is 14.3. The van der Waals surface area contributed by atoms with Crippen molar-refractivity contribution in [2.24, 2.45) is 17.8 Å². The molecule has 49 heavy (non-hydrogen) atoms. The van der Waals surface area contributed by atoms with Crippen LogP contribution in [-0.4, -0.2) is 20.9 Å². The Morgan fingerprint density at radius 1 is 0.878 bits per heavy atom. The fourth-order valence-electron chi connectivity index (χ4n) is 6.21. The van der Waals surface area contributed by atoms with E-state index in [1.54, 1.807) is 6.33 Å². The van der Waals surface area contributed by atoms with Gasteiger partial charge in [0.25, 0.3) is 0 Å². The molecule has 263 valence electrons. The van der Waals surface area contributed by atoms with Crippen LogP contribution in [0.3, 0.4) is 0 Å². The third kappa shape index (κ3) is 10.2. The molecule has 0 aliphatic rings. The fraction of sp³-hybridized carbons (Fsp3) is 0.419. The van der Waals surface area contributed by atoms with Crippen LogP contribution in [0.5, 0.6) is 0 Å². The van der Waals surface area contributed by atoms with Gasteiger partial charge < -0.3 is 9.52 Å². The second kappa shape index (κ2) is 17.9. The van der Waals surface area contributed by atoms with E-state index in [0.717, 1.165) is 71.2 Å². The number of carbonyl (C=O) groups excluding carboxylic acids is 1. The molecular weight excluding hydrogens is 785 g/mol. The number of aromatic nitrogens is 2. The van der Waals surface area contributed by atoms with E-state index in [1.165, 1.54) is 22.6 Å². The zero-order chi connectivity index (χ0) is 35.0. The molecule has 5 nitrogen and oxygen atoms in total. The van der Waals surface area contributed by atoms with E-state index in [1.807, 2.05) is 33.8 Å². The van der Waals surface area contributed by atoms with Crippen molar-refractivity contribution < 1.29 is 34.4 Å². The maximum absolute atomic E-state index is 11.7. The molecule has 0 aliphatic heterocycles. The molecule has 0 amide bonds. The van der Waals surface area contributed by atoms with Crippen molar-refractivity contribution in [1.82, 2.24) is 9.97 Å². The van der Waals surface area contributed by atoms with E-state index in [9.17, 15) is 9.90 Å². The van der Waals surface area contributed by atoms with Gasteiger partial charge in [0.05, 0.1) is 5.76 Å². The number of allylic oxidation sites excluding steroid dienone is 2. The Morgan fingerprint density at radius 2 is 1.53 bits per heavy atom. The minimum Gasteiger partial charge on any atom is -0.512 e. The molecule has 0 bridgehead atoms. The molecule has 1 radical (unpaired) electrons. The van der Waals surface area contributed by atoms with Crippen LogP contribution in [0.25, 0.3) is 44.5 Å². The van der Waals surface area contributed by atoms with Crippen LogP contribution < -0.4 is 0 Å². The van der Waals surface area contributed by atoms with Gasteiger partial charge in [-0.25, -0.2) is 4.98 Å². The first-order valence-electron chi connectivity index (χ1n) is 17.6. The van der Waals surface area contributed by atoms with Gasteiger partial charge in [0.1, 0.15) is 17.6 Å². The van der Waals surface area contributed by atoms with Crippen molar-refractivity contribution in [2.75, 3.05) is 0 Å². The first kappa shape index (κ1) is 39.8. The average molecular weight is 838 g/mol. The normalized spacial score (nSPS) is 12.0. The summed E-state index contributed by atoms with van der Waals surface area (Å²) in [6.45, 7) is 19.3. The molecule has 1 N–H and O–H groups in total. The van der Waals surface area contributed by atoms with Crippen LogP contribution in [-0.2, 0) is 36.7 Å². The molecule has 2 heterocycles. The molecule has 0 spiro atoms. The van der Waals surface area contributed by atoms with E-state index in [-0.39, 0.29) is 48.9 Å². The largest absolute Gasteiger partial charge is 0.512 e. The third-order valence-electron chi connectivity index (χ3n) is 9.09. The smallest absolute Gasteiger partial charge is 0.162 e. The van der Waals surface area contributed by atoms with Crippen LogP contribution >= 0.6 is 0 Å². The SMILES string of the molecule is CC(C)Cc1ccc2cc(-c3cc(-c4[c-]c5ccccc5c(C(C)(C)C)c4)ncn3)oc2c1.CCC(CC)C(=O)/C=C(\O)C(CC)CC.[Ir]. The second-order valence-corrected chi connectivity index (χ2v) is 14.3. The molecular formula is C43H53IrN2O3-. The van der Waals surface area contributed by atoms with Crippen molar-refractivity contribution in [2.45, 2.75) is 99.8 Å². The number of ketones is 1. The summed E-state index contributed by atoms with van der Waals surface area (Å²) < 4.78 is 6.21. The number of rotatable bonds is 11. The summed E-state index contributed by atoms with van der Waals surface area (Å²) >= 11 is 0. The number of fused-ring (bicyclic) bond motifs is 2. The molecule has 0 saturated heterocycles. The van der Waals surface area contributed by atoms with Crippen LogP contribution in [0.1, 0.15) is 99.1 Å². The monoisotopic (exact) mass is 838 g/mol. The Morgan fingerprint density at radius 3 is 2.16 bits per heavy atom. The molecule has 0 aliphatic carbocycles. The Kier molecular flexibility index (Phi) is 14.5. The van der Waals surface area contributed by atoms with E-state index < -0.39 is 0 Å². The molecule has 0 unspecified atom stereocenters. The Bertz CT molecular complexity index is 1860. The standard InChI is InChI=1S/C30H29N2O.C13H24O2.Ir/c1-19(2)12-20-10-11-22-16-29(33-28(22)13-20)27-17-26(31-18-32-27)23-14-21-8-6-7-9-24(21)25(15-23)30(3,4)5;1-5-10(6-2)12(14)9-13(15)11(7-3)8-4;/h6-11,13,15-19H,12H2,1-5H3;9-11,14H,5-8H2,1-4H3;/q-1;;/b;12-9-;. The van der Waals surface area contributed by atoms with Gasteiger partial charge in [-0.2, -0.15) is 0 Å². The van der Waals surface area contributed by atoms with E-state index in [2.05, 4.69) is 105 Å². The van der Waals surface area contributed by atoms with E-state index in [0.29, 0.717) is 5.92 Å². The molecule has 2 aromatic heterocycles. The number of carbonyl (C=O) groups is 1. The van der Waals surface area contributed by atoms with Crippen LogP contribution in [0, 0.1) is 23.8 Å². The molecule has 6 heteroatoms. The van der Waals surface area contributed by atoms with Gasteiger partial charge in [-0.15, -0.1) is 29.1 Å². The van der Waals surface area contributed by atoms with Gasteiger partial charge in [0.15, 0.2) is 11.5 Å². The minimum absolute atomic E-state index is 0. The number of furan rings is 1. The topological polar surface area (TPSA) is 76.2 Å². The van der Waals surface area contributed by atoms with Crippen molar-refractivity contribution in [1.29, 1.82) is 0 Å². The number of aliphatic hydroxyl groups excluding tert-OH is 1. The summed E-state index contributed by atoms with van der Waals surface area (Å²) in [4.78, 5) is 20.8. The Hall–Kier alpha value is -3.60. The van der Waals surface area contributed by atoms with Gasteiger partial charge in [-0.1, -0.05) is 104 Å². The number of benzene rings is 3. The van der Waals surface area contributed by atoms with Gasteiger partial charge in [0.2, 0.25) is 0 Å². The fourth-order valence-corrected chi connectivity index (χ4v) is 6.21. The molecule has 0 fully saturated rings. The predicted molar refractivity (Wildman–Crippen MR) is 200 cm³/mol. The number of nitrogens with zero attached hydrogens (tertiary/aromatic N) is 2. The van der Waals surface area contributed by atoms with E-state index >= 15 is 0 Å². The Labute approximate surface area is 307 Å². The van der Waals surface area contributed by atoms with Crippen molar-refractivity contribution in [3.63, 3.8) is 0 Å². The summed E-state index contributed by atoms with van der Waals surface area (Å²) in [5.41, 5.74) is 6.08. The van der Waals surface area contributed by atoms with Crippen LogP contribution in [0.4, 0.5) is 0 Å². The number of hydrogen-bond donors (Lipinski definition) is 1. The van der Waals surface area contributed by atoms with E-state index in [4.69, 9.17) is 4.42 Å². The molecule has 5 aromatic rings. The summed E-state index contributed by atoms with van der Waals surface area (Å²) in [6, 6.07) is 24.7. The first-order valence-corrected chi connectivity index (χ1v) is 17.6. The van der Waals surface area contributed by atoms with Gasteiger partial charge in [-0.3, -0.25) is 9.78 Å². The van der Waals surface area contributed by atoms with Crippen molar-refractivity contribution in [3.8, 4) is 22.7 Å². The number of hydrogen-bond acceptors (Lipinski definition) is 5. The zero-order valence-corrected chi connectivity index (χ0v) is 33.1. The van der Waals surface area contributed by atoms with Crippen molar-refractivity contribution >= 4 is 27.5 Å². The molecule has 0 saturated carbocycles. The molecule has 0 atom stereocenters. The minimum atomic E-state index is 0. The maximum Gasteiger partial charge on any atom is 0.162 e. The summed E-state index contributed by atoms with van der Waals surface area (Å²) in [7, 11) is 0. The quantitative estimate of drug-likeness (QED) is 0.0815. The zero-order valence-electron chi connectivity index (χ0n) is 30.7. The molecule has 5 rings (SSSR count). The summed E-state index contributed by atoms with van der Waals surface area (Å²) in [5, 5.41) is 13.2. The number of aliphatic hydroxyl groups is 1. The first-order chi connectivity index (χ1) is 22.9. The summed E-state index contributed by atoms with van der Waals surface area (Å²) in [6.07, 6.45) is 7.56. The van der Waals surface area contributed by atoms with Gasteiger partial charge >= 0.3 is 0 Å². The van der Waals surface area contributed by atoms with Gasteiger partial charge in [-0.05, 0) is 67.2 Å². The van der Waals surface area contributed by atoms with Crippen LogP contribution in [0.15, 0.2) is 83.2 Å². The molecule has 3 aromatic carbocycles. The maximum atomic E-state index is 11.7. The predicted octanol–water partition coefficient (Wildman–Crippen LogP) is 11.9. The Balaban J connectivity index is 0.000000347. The summed E-state index contributed by atoms with van der Waals surface area (Å²) in [5.74, 6) is 1.91. The van der Waals surface area contributed by atoms with Gasteiger partial charge in [0, 0.05) is 49.1 Å². The van der Waals surface area contributed by atoms with Crippen molar-refractivity contribution in [3.05, 3.63) is 96.0 Å².